The number of benzene rings is 1. The van der Waals surface area contributed by atoms with Crippen LogP contribution in [0.4, 0.5) is 11.4 Å². The summed E-state index contributed by atoms with van der Waals surface area (Å²) in [7, 11) is 0. The first-order valence-corrected chi connectivity index (χ1v) is 6.68. The fourth-order valence-electron chi connectivity index (χ4n) is 2.09. The Labute approximate surface area is 118 Å². The van der Waals surface area contributed by atoms with Crippen LogP contribution in [0, 0.1) is 0 Å². The summed E-state index contributed by atoms with van der Waals surface area (Å²) in [6, 6.07) is 6.83. The predicted molar refractivity (Wildman–Crippen MR) is 80.5 cm³/mol. The summed E-state index contributed by atoms with van der Waals surface area (Å²) in [4.78, 5) is 16.6. The molecule has 0 aliphatic heterocycles. The van der Waals surface area contributed by atoms with Crippen LogP contribution < -0.4 is 11.1 Å². The molecular formula is C15H20N4O. The van der Waals surface area contributed by atoms with Crippen molar-refractivity contribution in [3.63, 3.8) is 0 Å². The maximum atomic E-state index is 12.3. The van der Waals surface area contributed by atoms with E-state index < -0.39 is 0 Å². The molecular weight excluding hydrogens is 252 g/mol. The van der Waals surface area contributed by atoms with Gasteiger partial charge in [0.1, 0.15) is 11.9 Å². The van der Waals surface area contributed by atoms with Crippen molar-refractivity contribution in [1.82, 2.24) is 9.55 Å². The van der Waals surface area contributed by atoms with E-state index in [0.717, 1.165) is 5.82 Å². The zero-order valence-corrected chi connectivity index (χ0v) is 12.0. The second-order valence-corrected chi connectivity index (χ2v) is 5.14. The van der Waals surface area contributed by atoms with E-state index in [1.54, 1.807) is 18.3 Å². The Kier molecular flexibility index (Phi) is 4.08. The molecule has 0 aliphatic carbocycles. The van der Waals surface area contributed by atoms with Gasteiger partial charge in [-0.1, -0.05) is 19.9 Å². The Hall–Kier alpha value is -2.30. The van der Waals surface area contributed by atoms with Crippen LogP contribution in [0.1, 0.15) is 38.6 Å². The van der Waals surface area contributed by atoms with Gasteiger partial charge >= 0.3 is 0 Å². The summed E-state index contributed by atoms with van der Waals surface area (Å²) in [5.41, 5.74) is 7.03. The second-order valence-electron chi connectivity index (χ2n) is 5.14. The Morgan fingerprint density at radius 2 is 2.10 bits per heavy atom. The molecule has 1 heterocycles. The Morgan fingerprint density at radius 3 is 2.75 bits per heavy atom. The number of aromatic nitrogens is 2. The van der Waals surface area contributed by atoms with E-state index in [1.807, 2.05) is 29.8 Å². The highest BCUT2D eigenvalue weighted by Gasteiger charge is 2.19. The van der Waals surface area contributed by atoms with Crippen LogP contribution in [0.3, 0.4) is 0 Å². The van der Waals surface area contributed by atoms with Crippen LogP contribution in [-0.2, 0) is 4.79 Å². The lowest BCUT2D eigenvalue weighted by Gasteiger charge is -2.18. The van der Waals surface area contributed by atoms with Gasteiger partial charge in [-0.25, -0.2) is 4.98 Å². The van der Waals surface area contributed by atoms with E-state index >= 15 is 0 Å². The Balaban J connectivity index is 2.14. The van der Waals surface area contributed by atoms with Crippen molar-refractivity contribution in [3.8, 4) is 0 Å². The van der Waals surface area contributed by atoms with Crippen LogP contribution in [0.5, 0.6) is 0 Å². The Morgan fingerprint density at radius 1 is 1.35 bits per heavy atom. The zero-order valence-electron chi connectivity index (χ0n) is 12.0. The number of rotatable bonds is 4. The molecule has 0 radical (unpaired) electrons. The number of amides is 1. The van der Waals surface area contributed by atoms with Gasteiger partial charge in [-0.2, -0.15) is 0 Å². The molecule has 3 N–H and O–H groups in total. The summed E-state index contributed by atoms with van der Waals surface area (Å²) in [6.07, 6.45) is 3.55. The van der Waals surface area contributed by atoms with Gasteiger partial charge in [-0.05, 0) is 25.1 Å². The predicted octanol–water partition coefficient (Wildman–Crippen LogP) is 2.79. The second kappa shape index (κ2) is 5.77. The monoisotopic (exact) mass is 272 g/mol. The van der Waals surface area contributed by atoms with Crippen LogP contribution in [0.15, 0.2) is 36.7 Å². The minimum Gasteiger partial charge on any atom is -0.399 e. The number of carbonyl (C=O) groups excluding carboxylic acids is 1. The topological polar surface area (TPSA) is 72.9 Å². The standard InChI is InChI=1S/C15H20N4O/c1-10(2)14-17-7-8-19(14)11(3)15(20)18-13-6-4-5-12(16)9-13/h4-11H,16H2,1-3H3,(H,18,20). The van der Waals surface area contributed by atoms with E-state index in [1.165, 1.54) is 0 Å². The van der Waals surface area contributed by atoms with E-state index in [9.17, 15) is 4.79 Å². The number of carbonyl (C=O) groups is 1. The Bertz CT molecular complexity index is 603. The first kappa shape index (κ1) is 14.1. The van der Waals surface area contributed by atoms with E-state index in [4.69, 9.17) is 5.73 Å². The molecule has 2 aromatic rings. The van der Waals surface area contributed by atoms with Gasteiger partial charge in [0.15, 0.2) is 0 Å². The van der Waals surface area contributed by atoms with Gasteiger partial charge in [0, 0.05) is 29.7 Å². The third-order valence-electron chi connectivity index (χ3n) is 3.17. The summed E-state index contributed by atoms with van der Waals surface area (Å²) >= 11 is 0. The van der Waals surface area contributed by atoms with Gasteiger partial charge in [-0.3, -0.25) is 4.79 Å². The summed E-state index contributed by atoms with van der Waals surface area (Å²) in [5.74, 6) is 1.09. The quantitative estimate of drug-likeness (QED) is 0.840. The molecule has 1 amide bonds. The molecule has 5 heteroatoms. The van der Waals surface area contributed by atoms with Crippen molar-refractivity contribution in [2.45, 2.75) is 32.7 Å². The molecule has 0 aliphatic rings. The number of hydrogen-bond acceptors (Lipinski definition) is 3. The molecule has 1 atom stereocenters. The maximum Gasteiger partial charge on any atom is 0.247 e. The highest BCUT2D eigenvalue weighted by Crippen LogP contribution is 2.19. The molecule has 1 aromatic carbocycles. The third-order valence-corrected chi connectivity index (χ3v) is 3.17. The van der Waals surface area contributed by atoms with E-state index in [-0.39, 0.29) is 17.9 Å². The smallest absolute Gasteiger partial charge is 0.247 e. The van der Waals surface area contributed by atoms with E-state index in [2.05, 4.69) is 24.1 Å². The lowest BCUT2D eigenvalue weighted by molar-refractivity contribution is -0.118. The molecule has 0 spiro atoms. The van der Waals surface area contributed by atoms with Gasteiger partial charge in [-0.15, -0.1) is 0 Å². The van der Waals surface area contributed by atoms with Crippen LogP contribution in [0.25, 0.3) is 0 Å². The average Bonchev–Trinajstić information content (AvgIpc) is 2.87. The molecule has 0 bridgehead atoms. The number of nitrogens with zero attached hydrogens (tertiary/aromatic N) is 2. The van der Waals surface area contributed by atoms with Gasteiger partial charge in [0.25, 0.3) is 0 Å². The lowest BCUT2D eigenvalue weighted by atomic mass is 10.2. The van der Waals surface area contributed by atoms with Crippen molar-refractivity contribution in [2.75, 3.05) is 11.1 Å². The van der Waals surface area contributed by atoms with Crippen molar-refractivity contribution in [2.24, 2.45) is 0 Å². The number of imidazole rings is 1. The van der Waals surface area contributed by atoms with Crippen molar-refractivity contribution in [3.05, 3.63) is 42.5 Å². The van der Waals surface area contributed by atoms with Crippen molar-refractivity contribution >= 4 is 17.3 Å². The molecule has 2 rings (SSSR count). The van der Waals surface area contributed by atoms with Gasteiger partial charge in [0.2, 0.25) is 5.91 Å². The van der Waals surface area contributed by atoms with Crippen molar-refractivity contribution < 1.29 is 4.79 Å². The lowest BCUT2D eigenvalue weighted by Crippen LogP contribution is -2.25. The molecule has 106 valence electrons. The molecule has 5 nitrogen and oxygen atoms in total. The summed E-state index contributed by atoms with van der Waals surface area (Å²) in [5, 5.41) is 2.87. The fraction of sp³-hybridized carbons (Fsp3) is 0.333. The van der Waals surface area contributed by atoms with Gasteiger partial charge < -0.3 is 15.6 Å². The normalized spacial score (nSPS) is 12.4. The number of nitrogen functional groups attached to an aromatic ring is 1. The van der Waals surface area contributed by atoms with Crippen molar-refractivity contribution in [1.29, 1.82) is 0 Å². The third kappa shape index (κ3) is 2.99. The highest BCUT2D eigenvalue weighted by atomic mass is 16.2. The highest BCUT2D eigenvalue weighted by molar-refractivity contribution is 5.93. The van der Waals surface area contributed by atoms with Gasteiger partial charge in [0.05, 0.1) is 0 Å². The number of nitrogens with one attached hydrogen (secondary N) is 1. The minimum absolute atomic E-state index is 0.0875. The summed E-state index contributed by atoms with van der Waals surface area (Å²) < 4.78 is 1.90. The van der Waals surface area contributed by atoms with Crippen LogP contribution >= 0.6 is 0 Å². The number of anilines is 2. The molecule has 20 heavy (non-hydrogen) atoms. The minimum atomic E-state index is -0.323. The molecule has 1 aromatic heterocycles. The van der Waals surface area contributed by atoms with Crippen LogP contribution in [-0.4, -0.2) is 15.5 Å². The molecule has 0 saturated heterocycles. The fourth-order valence-corrected chi connectivity index (χ4v) is 2.09. The SMILES string of the molecule is CC(C)c1nccn1C(C)C(=O)Nc1cccc(N)c1. The first-order chi connectivity index (χ1) is 9.49. The van der Waals surface area contributed by atoms with E-state index in [0.29, 0.717) is 11.4 Å². The zero-order chi connectivity index (χ0) is 14.7. The first-order valence-electron chi connectivity index (χ1n) is 6.68. The number of hydrogen-bond donors (Lipinski definition) is 2. The number of nitrogens with two attached hydrogens (primary N) is 1. The maximum absolute atomic E-state index is 12.3. The molecule has 0 fully saturated rings. The molecule has 1 unspecified atom stereocenters. The summed E-state index contributed by atoms with van der Waals surface area (Å²) in [6.45, 7) is 5.97. The largest absolute Gasteiger partial charge is 0.399 e. The molecule has 0 saturated carbocycles. The van der Waals surface area contributed by atoms with Crippen LogP contribution in [0.2, 0.25) is 0 Å². The average molecular weight is 272 g/mol.